The minimum absolute atomic E-state index is 0. The molecule has 0 heterocycles. The number of methoxy groups -OCH3 is 1. The molecule has 0 saturated heterocycles. The highest BCUT2D eigenvalue weighted by molar-refractivity contribution is 5.85. The average molecular weight is 174 g/mol. The summed E-state index contributed by atoms with van der Waals surface area (Å²) in [6.07, 6.45) is 0. The predicted molar refractivity (Wildman–Crippen MR) is 49.4 cm³/mol. The van der Waals surface area contributed by atoms with Crippen LogP contribution in [0, 0.1) is 6.92 Å². The van der Waals surface area contributed by atoms with Gasteiger partial charge in [-0.1, -0.05) is 6.07 Å². The zero-order valence-electron chi connectivity index (χ0n) is 6.63. The lowest BCUT2D eigenvalue weighted by atomic mass is 10.2. The van der Waals surface area contributed by atoms with Gasteiger partial charge in [-0.2, -0.15) is 0 Å². The van der Waals surface area contributed by atoms with Gasteiger partial charge in [0.25, 0.3) is 0 Å². The third kappa shape index (κ3) is 2.31. The third-order valence-corrected chi connectivity index (χ3v) is 1.39. The maximum Gasteiger partial charge on any atom is 0.142 e. The maximum absolute atomic E-state index is 5.57. The fourth-order valence-electron chi connectivity index (χ4n) is 0.818. The highest BCUT2D eigenvalue weighted by Crippen LogP contribution is 2.21. The highest BCUT2D eigenvalue weighted by atomic mass is 35.5. The fraction of sp³-hybridized carbons (Fsp3) is 0.250. The van der Waals surface area contributed by atoms with Crippen LogP contribution in [0.3, 0.4) is 0 Å². The molecule has 1 aromatic rings. The summed E-state index contributed by atoms with van der Waals surface area (Å²) in [5.41, 5.74) is 7.42. The van der Waals surface area contributed by atoms with Crippen molar-refractivity contribution in [1.82, 2.24) is 0 Å². The van der Waals surface area contributed by atoms with E-state index in [-0.39, 0.29) is 12.4 Å². The van der Waals surface area contributed by atoms with E-state index >= 15 is 0 Å². The quantitative estimate of drug-likeness (QED) is 0.660. The standard InChI is InChI=1S/C8H11NO.ClH/c1-6-3-4-7(9)8(5-6)10-2;/h3-5H,9H2,1-2H3;1H. The van der Waals surface area contributed by atoms with Crippen molar-refractivity contribution in [1.29, 1.82) is 0 Å². The Bertz CT molecular complexity index is 238. The smallest absolute Gasteiger partial charge is 0.142 e. The Labute approximate surface area is 72.8 Å². The molecule has 0 aliphatic carbocycles. The van der Waals surface area contributed by atoms with Gasteiger partial charge in [-0.15, -0.1) is 12.4 Å². The topological polar surface area (TPSA) is 35.2 Å². The molecule has 1 aromatic carbocycles. The van der Waals surface area contributed by atoms with Crippen molar-refractivity contribution in [2.45, 2.75) is 6.92 Å². The first kappa shape index (κ1) is 10.1. The van der Waals surface area contributed by atoms with Gasteiger partial charge in [0, 0.05) is 0 Å². The van der Waals surface area contributed by atoms with Crippen LogP contribution in [0.15, 0.2) is 18.2 Å². The molecule has 2 N–H and O–H groups in total. The van der Waals surface area contributed by atoms with Gasteiger partial charge in [-0.25, -0.2) is 0 Å². The Balaban J connectivity index is 0.000001000. The number of benzene rings is 1. The fourth-order valence-corrected chi connectivity index (χ4v) is 0.818. The van der Waals surface area contributed by atoms with Crippen LogP contribution in [-0.2, 0) is 0 Å². The van der Waals surface area contributed by atoms with E-state index in [4.69, 9.17) is 10.5 Å². The van der Waals surface area contributed by atoms with E-state index in [2.05, 4.69) is 0 Å². The number of halogens is 1. The maximum atomic E-state index is 5.57. The van der Waals surface area contributed by atoms with Crippen LogP contribution >= 0.6 is 12.4 Å². The average Bonchev–Trinajstić information content (AvgIpc) is 1.94. The van der Waals surface area contributed by atoms with Gasteiger partial charge in [0.1, 0.15) is 5.75 Å². The number of nitrogen functional groups attached to an aromatic ring is 1. The van der Waals surface area contributed by atoms with Gasteiger partial charge in [-0.3, -0.25) is 0 Å². The largest absolute Gasteiger partial charge is 0.495 e. The molecule has 0 aromatic heterocycles. The van der Waals surface area contributed by atoms with E-state index in [1.165, 1.54) is 0 Å². The molecule has 0 unspecified atom stereocenters. The summed E-state index contributed by atoms with van der Waals surface area (Å²) in [5.74, 6) is 0.750. The second-order valence-electron chi connectivity index (χ2n) is 2.25. The lowest BCUT2D eigenvalue weighted by Crippen LogP contribution is -1.91. The molecule has 11 heavy (non-hydrogen) atoms. The van der Waals surface area contributed by atoms with Gasteiger partial charge in [-0.05, 0) is 24.6 Å². The monoisotopic (exact) mass is 173 g/mol. The van der Waals surface area contributed by atoms with Crippen molar-refractivity contribution < 1.29 is 4.74 Å². The number of hydrogen-bond donors (Lipinski definition) is 1. The van der Waals surface area contributed by atoms with Crippen LogP contribution in [0.25, 0.3) is 0 Å². The second-order valence-corrected chi connectivity index (χ2v) is 2.25. The first-order chi connectivity index (χ1) is 4.74. The van der Waals surface area contributed by atoms with E-state index in [1.54, 1.807) is 7.11 Å². The van der Waals surface area contributed by atoms with Crippen LogP contribution in [0.1, 0.15) is 5.56 Å². The molecule has 0 radical (unpaired) electrons. The molecule has 3 heteroatoms. The molecule has 0 aliphatic rings. The van der Waals surface area contributed by atoms with Crippen molar-refractivity contribution in [3.8, 4) is 5.75 Å². The summed E-state index contributed by atoms with van der Waals surface area (Å²) >= 11 is 0. The lowest BCUT2D eigenvalue weighted by Gasteiger charge is -2.03. The molecule has 0 amide bonds. The molecular formula is C8H12ClNO. The van der Waals surface area contributed by atoms with Crippen molar-refractivity contribution >= 4 is 18.1 Å². The number of rotatable bonds is 1. The molecule has 0 aliphatic heterocycles. The first-order valence-electron chi connectivity index (χ1n) is 3.14. The molecule has 0 atom stereocenters. The van der Waals surface area contributed by atoms with Crippen molar-refractivity contribution in [3.05, 3.63) is 23.8 Å². The van der Waals surface area contributed by atoms with Gasteiger partial charge in [0.15, 0.2) is 0 Å². The number of anilines is 1. The molecule has 2 nitrogen and oxygen atoms in total. The van der Waals surface area contributed by atoms with Crippen LogP contribution < -0.4 is 10.5 Å². The summed E-state index contributed by atoms with van der Waals surface area (Å²) in [7, 11) is 1.62. The van der Waals surface area contributed by atoms with E-state index < -0.39 is 0 Å². The number of hydrogen-bond acceptors (Lipinski definition) is 2. The van der Waals surface area contributed by atoms with E-state index in [0.717, 1.165) is 11.3 Å². The third-order valence-electron chi connectivity index (χ3n) is 1.39. The zero-order valence-corrected chi connectivity index (χ0v) is 7.44. The molecular weight excluding hydrogens is 162 g/mol. The zero-order chi connectivity index (χ0) is 7.56. The molecule has 62 valence electrons. The van der Waals surface area contributed by atoms with Gasteiger partial charge in [0.05, 0.1) is 12.8 Å². The Morgan fingerprint density at radius 1 is 1.36 bits per heavy atom. The van der Waals surface area contributed by atoms with Gasteiger partial charge < -0.3 is 10.5 Å². The second kappa shape index (κ2) is 4.09. The predicted octanol–water partition coefficient (Wildman–Crippen LogP) is 2.01. The van der Waals surface area contributed by atoms with E-state index in [9.17, 15) is 0 Å². The van der Waals surface area contributed by atoms with Crippen molar-refractivity contribution in [2.75, 3.05) is 12.8 Å². The van der Waals surface area contributed by atoms with E-state index in [1.807, 2.05) is 25.1 Å². The Morgan fingerprint density at radius 3 is 2.45 bits per heavy atom. The summed E-state index contributed by atoms with van der Waals surface area (Å²) in [5, 5.41) is 0. The van der Waals surface area contributed by atoms with E-state index in [0.29, 0.717) is 5.69 Å². The lowest BCUT2D eigenvalue weighted by molar-refractivity contribution is 0.416. The molecule has 1 rings (SSSR count). The van der Waals surface area contributed by atoms with Crippen LogP contribution in [0.4, 0.5) is 5.69 Å². The first-order valence-corrected chi connectivity index (χ1v) is 3.14. The summed E-state index contributed by atoms with van der Waals surface area (Å²) < 4.78 is 5.00. The Kier molecular flexibility index (Phi) is 3.76. The summed E-state index contributed by atoms with van der Waals surface area (Å²) in [4.78, 5) is 0. The number of aryl methyl sites for hydroxylation is 1. The Hall–Kier alpha value is -0.890. The summed E-state index contributed by atoms with van der Waals surface area (Å²) in [6, 6.07) is 5.71. The highest BCUT2D eigenvalue weighted by Gasteiger charge is 1.95. The van der Waals surface area contributed by atoms with Crippen molar-refractivity contribution in [3.63, 3.8) is 0 Å². The van der Waals surface area contributed by atoms with Gasteiger partial charge >= 0.3 is 0 Å². The van der Waals surface area contributed by atoms with Crippen molar-refractivity contribution in [2.24, 2.45) is 0 Å². The molecule has 0 bridgehead atoms. The molecule has 0 saturated carbocycles. The number of nitrogens with two attached hydrogens (primary N) is 1. The number of ether oxygens (including phenoxy) is 1. The van der Waals surface area contributed by atoms with Crippen LogP contribution in [0.5, 0.6) is 5.75 Å². The SMILES string of the molecule is COc1cc(C)ccc1N.Cl. The minimum Gasteiger partial charge on any atom is -0.495 e. The molecule has 0 fully saturated rings. The van der Waals surface area contributed by atoms with Gasteiger partial charge in [0.2, 0.25) is 0 Å². The van der Waals surface area contributed by atoms with Crippen LogP contribution in [0.2, 0.25) is 0 Å². The summed E-state index contributed by atoms with van der Waals surface area (Å²) in [6.45, 7) is 2.00. The molecule has 0 spiro atoms. The van der Waals surface area contributed by atoms with Crippen LogP contribution in [-0.4, -0.2) is 7.11 Å². The normalized spacial score (nSPS) is 8.55. The Morgan fingerprint density at radius 2 is 2.00 bits per heavy atom. The minimum atomic E-state index is 0.